The van der Waals surface area contributed by atoms with Crippen LogP contribution in [0.15, 0.2) is 28.7 Å². The van der Waals surface area contributed by atoms with Gasteiger partial charge in [0.1, 0.15) is 11.6 Å². The van der Waals surface area contributed by atoms with E-state index in [4.69, 9.17) is 27.9 Å². The summed E-state index contributed by atoms with van der Waals surface area (Å²) in [5.41, 5.74) is 0. The van der Waals surface area contributed by atoms with Crippen LogP contribution in [0.4, 0.5) is 4.39 Å². The van der Waals surface area contributed by atoms with Gasteiger partial charge >= 0.3 is 0 Å². The summed E-state index contributed by atoms with van der Waals surface area (Å²) in [6, 6.07) is 5.52. The summed E-state index contributed by atoms with van der Waals surface area (Å²) in [6.07, 6.45) is 0. The molecular formula is C10H4BrCl2FN2O. The fourth-order valence-corrected chi connectivity index (χ4v) is 1.84. The van der Waals surface area contributed by atoms with Crippen molar-refractivity contribution in [3.8, 4) is 11.5 Å². The van der Waals surface area contributed by atoms with Crippen LogP contribution < -0.4 is 4.74 Å². The number of halogens is 4. The zero-order valence-electron chi connectivity index (χ0n) is 8.12. The van der Waals surface area contributed by atoms with Gasteiger partial charge in [-0.1, -0.05) is 39.1 Å². The molecule has 0 aliphatic heterocycles. The van der Waals surface area contributed by atoms with E-state index >= 15 is 0 Å². The molecule has 0 N–H and O–H groups in total. The molecule has 7 heteroatoms. The quantitative estimate of drug-likeness (QED) is 0.810. The lowest BCUT2D eigenvalue weighted by atomic mass is 10.3. The molecule has 2 rings (SSSR count). The van der Waals surface area contributed by atoms with E-state index in [1.54, 1.807) is 6.07 Å². The molecule has 1 aromatic carbocycles. The Labute approximate surface area is 115 Å². The summed E-state index contributed by atoms with van der Waals surface area (Å²) >= 11 is 14.6. The first-order chi connectivity index (χ1) is 8.04. The second-order valence-corrected chi connectivity index (χ2v) is 4.69. The van der Waals surface area contributed by atoms with Crippen molar-refractivity contribution < 1.29 is 9.13 Å². The van der Waals surface area contributed by atoms with Crippen LogP contribution in [0.25, 0.3) is 0 Å². The highest BCUT2D eigenvalue weighted by Gasteiger charge is 2.08. The summed E-state index contributed by atoms with van der Waals surface area (Å²) in [4.78, 5) is 0. The van der Waals surface area contributed by atoms with Gasteiger partial charge in [0.05, 0.1) is 0 Å². The number of ether oxygens (including phenoxy) is 1. The molecule has 0 bridgehead atoms. The predicted molar refractivity (Wildman–Crippen MR) is 66.2 cm³/mol. The zero-order chi connectivity index (χ0) is 12.4. The van der Waals surface area contributed by atoms with Crippen LogP contribution in [0, 0.1) is 5.82 Å². The van der Waals surface area contributed by atoms with Gasteiger partial charge in [0.2, 0.25) is 0 Å². The maximum absolute atomic E-state index is 13.1. The largest absolute Gasteiger partial charge is 0.454 e. The van der Waals surface area contributed by atoms with Gasteiger partial charge in [-0.15, -0.1) is 10.2 Å². The maximum atomic E-state index is 13.1. The highest BCUT2D eigenvalue weighted by Crippen LogP contribution is 2.30. The zero-order valence-corrected chi connectivity index (χ0v) is 11.2. The molecule has 0 radical (unpaired) electrons. The first kappa shape index (κ1) is 12.5. The van der Waals surface area contributed by atoms with Gasteiger partial charge in [-0.25, -0.2) is 4.39 Å². The van der Waals surface area contributed by atoms with E-state index in [0.717, 1.165) is 0 Å². The van der Waals surface area contributed by atoms with E-state index in [2.05, 4.69) is 26.1 Å². The molecule has 0 saturated heterocycles. The number of hydrogen-bond donors (Lipinski definition) is 0. The van der Waals surface area contributed by atoms with E-state index in [-0.39, 0.29) is 21.8 Å². The third-order valence-corrected chi connectivity index (χ3v) is 2.66. The second-order valence-electron chi connectivity index (χ2n) is 3.03. The number of rotatable bonds is 2. The van der Waals surface area contributed by atoms with Crippen LogP contribution in [-0.2, 0) is 0 Å². The van der Waals surface area contributed by atoms with Crippen molar-refractivity contribution in [3.63, 3.8) is 0 Å². The van der Waals surface area contributed by atoms with Crippen LogP contribution in [0.3, 0.4) is 0 Å². The highest BCUT2D eigenvalue weighted by molar-refractivity contribution is 9.10. The normalized spacial score (nSPS) is 10.4. The third kappa shape index (κ3) is 3.28. The van der Waals surface area contributed by atoms with E-state index in [1.807, 2.05) is 0 Å². The van der Waals surface area contributed by atoms with Crippen LogP contribution in [-0.4, -0.2) is 10.2 Å². The molecule has 0 aliphatic carbocycles. The number of hydrogen-bond acceptors (Lipinski definition) is 3. The second kappa shape index (κ2) is 5.16. The van der Waals surface area contributed by atoms with Gasteiger partial charge in [-0.05, 0) is 12.1 Å². The summed E-state index contributed by atoms with van der Waals surface area (Å²) < 4.78 is 19.0. The highest BCUT2D eigenvalue weighted by atomic mass is 79.9. The van der Waals surface area contributed by atoms with E-state index in [1.165, 1.54) is 18.2 Å². The average molecular weight is 338 g/mol. The minimum absolute atomic E-state index is 0.0507. The van der Waals surface area contributed by atoms with Crippen LogP contribution >= 0.6 is 39.1 Å². The standard InChI is InChI=1S/C10H4BrCl2FN2O/c11-5-1-6(14)3-7(2-5)17-8-4-9(12)15-16-10(8)13/h1-4H. The van der Waals surface area contributed by atoms with Gasteiger partial charge in [0, 0.05) is 16.6 Å². The first-order valence-corrected chi connectivity index (χ1v) is 5.92. The molecule has 3 nitrogen and oxygen atoms in total. The summed E-state index contributed by atoms with van der Waals surface area (Å²) in [6.45, 7) is 0. The minimum Gasteiger partial charge on any atom is -0.454 e. The first-order valence-electron chi connectivity index (χ1n) is 4.37. The molecule has 1 heterocycles. The summed E-state index contributed by atoms with van der Waals surface area (Å²) in [5.74, 6) is 0.0608. The molecule has 0 unspecified atom stereocenters. The smallest absolute Gasteiger partial charge is 0.194 e. The molecule has 0 amide bonds. The maximum Gasteiger partial charge on any atom is 0.194 e. The van der Waals surface area contributed by atoms with Crippen molar-refractivity contribution in [2.24, 2.45) is 0 Å². The van der Waals surface area contributed by atoms with Gasteiger partial charge in [-0.2, -0.15) is 0 Å². The van der Waals surface area contributed by atoms with Gasteiger partial charge in [0.25, 0.3) is 0 Å². The van der Waals surface area contributed by atoms with E-state index < -0.39 is 5.82 Å². The fourth-order valence-electron chi connectivity index (χ4n) is 1.12. The number of nitrogens with zero attached hydrogens (tertiary/aromatic N) is 2. The van der Waals surface area contributed by atoms with Crippen molar-refractivity contribution in [3.05, 3.63) is 44.9 Å². The minimum atomic E-state index is -0.432. The lowest BCUT2D eigenvalue weighted by Gasteiger charge is -2.07. The molecular weight excluding hydrogens is 334 g/mol. The average Bonchev–Trinajstić information content (AvgIpc) is 2.22. The Bertz CT molecular complexity index is 548. The fraction of sp³-hybridized carbons (Fsp3) is 0. The Morgan fingerprint density at radius 1 is 1.12 bits per heavy atom. The van der Waals surface area contributed by atoms with Gasteiger partial charge in [-0.3, -0.25) is 0 Å². The molecule has 17 heavy (non-hydrogen) atoms. The number of aromatic nitrogens is 2. The van der Waals surface area contributed by atoms with Crippen molar-refractivity contribution >= 4 is 39.1 Å². The topological polar surface area (TPSA) is 35.0 Å². The van der Waals surface area contributed by atoms with Crippen molar-refractivity contribution in [1.82, 2.24) is 10.2 Å². The van der Waals surface area contributed by atoms with Crippen molar-refractivity contribution in [2.75, 3.05) is 0 Å². The Kier molecular flexibility index (Phi) is 3.81. The molecule has 88 valence electrons. The summed E-state index contributed by atoms with van der Waals surface area (Å²) in [7, 11) is 0. The Hall–Kier alpha value is -0.910. The Balaban J connectivity index is 2.34. The Morgan fingerprint density at radius 3 is 2.59 bits per heavy atom. The number of benzene rings is 1. The van der Waals surface area contributed by atoms with E-state index in [9.17, 15) is 4.39 Å². The monoisotopic (exact) mass is 336 g/mol. The van der Waals surface area contributed by atoms with Crippen LogP contribution in [0.1, 0.15) is 0 Å². The van der Waals surface area contributed by atoms with Gasteiger partial charge < -0.3 is 4.74 Å². The SMILES string of the molecule is Fc1cc(Br)cc(Oc2cc(Cl)nnc2Cl)c1. The predicted octanol–water partition coefficient (Wildman–Crippen LogP) is 4.48. The van der Waals surface area contributed by atoms with E-state index in [0.29, 0.717) is 4.47 Å². The summed E-state index contributed by atoms with van der Waals surface area (Å²) in [5, 5.41) is 7.30. The van der Waals surface area contributed by atoms with Gasteiger partial charge in [0.15, 0.2) is 16.1 Å². The molecule has 0 aliphatic rings. The molecule has 0 fully saturated rings. The molecule has 0 saturated carbocycles. The van der Waals surface area contributed by atoms with Crippen molar-refractivity contribution in [2.45, 2.75) is 0 Å². The Morgan fingerprint density at radius 2 is 1.88 bits per heavy atom. The lowest BCUT2D eigenvalue weighted by Crippen LogP contribution is -1.91. The van der Waals surface area contributed by atoms with Crippen molar-refractivity contribution in [1.29, 1.82) is 0 Å². The van der Waals surface area contributed by atoms with Crippen LogP contribution in [0.5, 0.6) is 11.5 Å². The molecule has 2 aromatic rings. The lowest BCUT2D eigenvalue weighted by molar-refractivity contribution is 0.472. The molecule has 0 spiro atoms. The molecule has 0 atom stereocenters. The van der Waals surface area contributed by atoms with Crippen LogP contribution in [0.2, 0.25) is 10.3 Å². The third-order valence-electron chi connectivity index (χ3n) is 1.75. The molecule has 1 aromatic heterocycles.